The number of hydrogen-bond donors (Lipinski definition) is 2. The maximum Gasteiger partial charge on any atom is 0.200 e. The van der Waals surface area contributed by atoms with Crippen LogP contribution >= 0.6 is 0 Å². The van der Waals surface area contributed by atoms with Gasteiger partial charge in [0.1, 0.15) is 0 Å². The van der Waals surface area contributed by atoms with Crippen molar-refractivity contribution in [1.29, 1.82) is 0 Å². The highest BCUT2D eigenvalue weighted by molar-refractivity contribution is 6.06. The van der Waals surface area contributed by atoms with E-state index >= 15 is 0 Å². The van der Waals surface area contributed by atoms with E-state index in [-0.39, 0.29) is 11.8 Å². The Labute approximate surface area is 169 Å². The zero-order chi connectivity index (χ0) is 19.8. The number of ether oxygens (including phenoxy) is 2. The van der Waals surface area contributed by atoms with Crippen LogP contribution in [-0.2, 0) is 16.6 Å². The highest BCUT2D eigenvalue weighted by Crippen LogP contribution is 2.64. The summed E-state index contributed by atoms with van der Waals surface area (Å²) in [4.78, 5) is 13.6. The van der Waals surface area contributed by atoms with Crippen LogP contribution in [0.15, 0.2) is 48.0 Å². The molecule has 0 amide bonds. The van der Waals surface area contributed by atoms with E-state index in [1.807, 2.05) is 42.5 Å². The fraction of sp³-hybridized carbons (Fsp3) is 0.375. The lowest BCUT2D eigenvalue weighted by Crippen LogP contribution is -2.76. The number of nitrogens with one attached hydrogen (secondary N) is 1. The molecule has 6 rings (SSSR count). The minimum absolute atomic E-state index is 0.0229. The number of rotatable bonds is 2. The van der Waals surface area contributed by atoms with E-state index in [1.165, 1.54) is 0 Å². The Kier molecular flexibility index (Phi) is 3.40. The molecule has 4 atom stereocenters. The van der Waals surface area contributed by atoms with Crippen molar-refractivity contribution in [2.24, 2.45) is 0 Å². The number of ketones is 1. The van der Waals surface area contributed by atoms with E-state index in [1.54, 1.807) is 7.11 Å². The van der Waals surface area contributed by atoms with Crippen LogP contribution in [0.5, 0.6) is 11.5 Å². The molecule has 29 heavy (non-hydrogen) atoms. The van der Waals surface area contributed by atoms with Crippen molar-refractivity contribution < 1.29 is 19.4 Å². The van der Waals surface area contributed by atoms with Gasteiger partial charge in [0.05, 0.1) is 18.1 Å². The summed E-state index contributed by atoms with van der Waals surface area (Å²) in [5, 5.41) is 15.7. The zero-order valence-corrected chi connectivity index (χ0v) is 16.3. The molecule has 1 saturated heterocycles. The second kappa shape index (κ2) is 5.71. The molecule has 4 aliphatic rings. The molecule has 2 N–H and O–H groups in total. The van der Waals surface area contributed by atoms with Gasteiger partial charge in [-0.3, -0.25) is 4.79 Å². The summed E-state index contributed by atoms with van der Waals surface area (Å²) in [7, 11) is 1.62. The normalized spacial score (nSPS) is 35.2. The molecule has 2 aromatic rings. The third-order valence-corrected chi connectivity index (χ3v) is 7.40. The molecular formula is C24H23NO4. The third-order valence-electron chi connectivity index (χ3n) is 7.40. The Balaban J connectivity index is 1.58. The number of aliphatic hydroxyl groups is 1. The number of benzene rings is 2. The monoisotopic (exact) mass is 389 g/mol. The highest BCUT2D eigenvalue weighted by Gasteiger charge is 2.72. The van der Waals surface area contributed by atoms with Gasteiger partial charge in [-0.15, -0.1) is 0 Å². The third kappa shape index (κ3) is 1.99. The van der Waals surface area contributed by atoms with E-state index < -0.39 is 17.1 Å². The SMILES string of the molecule is COc1ccc2c3c1O[C@H]1C(=O)/C(=C/c4ccccc4)C[C@@]4(O)[C@@H](C2)NCC[C@]314. The first kappa shape index (κ1) is 17.2. The lowest BCUT2D eigenvalue weighted by Gasteiger charge is -2.60. The number of carbonyl (C=O) groups excluding carboxylic acids is 1. The molecule has 2 fully saturated rings. The Hall–Kier alpha value is -2.63. The van der Waals surface area contributed by atoms with Gasteiger partial charge in [0, 0.05) is 23.6 Å². The molecule has 5 nitrogen and oxygen atoms in total. The van der Waals surface area contributed by atoms with Crippen molar-refractivity contribution in [2.75, 3.05) is 13.7 Å². The van der Waals surface area contributed by atoms with Crippen molar-refractivity contribution in [1.82, 2.24) is 5.32 Å². The van der Waals surface area contributed by atoms with Crippen LogP contribution in [0.4, 0.5) is 0 Å². The molecule has 1 saturated carbocycles. The number of methoxy groups -OCH3 is 1. The molecule has 5 heteroatoms. The summed E-state index contributed by atoms with van der Waals surface area (Å²) in [5.41, 5.74) is 1.93. The lowest BCUT2D eigenvalue weighted by atomic mass is 9.48. The first-order valence-electron chi connectivity index (χ1n) is 10.2. The van der Waals surface area contributed by atoms with Crippen molar-refractivity contribution >= 4 is 11.9 Å². The van der Waals surface area contributed by atoms with Gasteiger partial charge in [-0.05, 0) is 42.7 Å². The quantitative estimate of drug-likeness (QED) is 0.772. The Morgan fingerprint density at radius 2 is 2.07 bits per heavy atom. The van der Waals surface area contributed by atoms with Gasteiger partial charge in [-0.25, -0.2) is 0 Å². The first-order valence-corrected chi connectivity index (χ1v) is 10.2. The Bertz CT molecular complexity index is 1060. The molecule has 148 valence electrons. The minimum atomic E-state index is -1.07. The van der Waals surface area contributed by atoms with E-state index in [9.17, 15) is 9.90 Å². The van der Waals surface area contributed by atoms with Gasteiger partial charge in [0.2, 0.25) is 0 Å². The summed E-state index contributed by atoms with van der Waals surface area (Å²) in [6.45, 7) is 0.758. The van der Waals surface area contributed by atoms with E-state index in [0.717, 1.165) is 23.2 Å². The minimum Gasteiger partial charge on any atom is -0.493 e. The van der Waals surface area contributed by atoms with E-state index in [4.69, 9.17) is 9.47 Å². The summed E-state index contributed by atoms with van der Waals surface area (Å²) in [6.07, 6.45) is 2.90. The average Bonchev–Trinajstić information content (AvgIpc) is 3.07. The fourth-order valence-electron chi connectivity index (χ4n) is 6.17. The number of carbonyl (C=O) groups is 1. The van der Waals surface area contributed by atoms with Crippen LogP contribution in [-0.4, -0.2) is 42.3 Å². The predicted molar refractivity (Wildman–Crippen MR) is 108 cm³/mol. The largest absolute Gasteiger partial charge is 0.493 e. The topological polar surface area (TPSA) is 67.8 Å². The molecule has 2 aliphatic carbocycles. The maximum absolute atomic E-state index is 13.6. The Morgan fingerprint density at radius 1 is 1.24 bits per heavy atom. The van der Waals surface area contributed by atoms with E-state index in [2.05, 4.69) is 11.4 Å². The number of piperidine rings is 1. The molecular weight excluding hydrogens is 366 g/mol. The molecule has 2 bridgehead atoms. The summed E-state index contributed by atoms with van der Waals surface area (Å²) >= 11 is 0. The molecule has 2 aromatic carbocycles. The molecule has 0 unspecified atom stereocenters. The van der Waals surface area contributed by atoms with Gasteiger partial charge < -0.3 is 19.9 Å². The van der Waals surface area contributed by atoms with Crippen molar-refractivity contribution in [3.05, 3.63) is 64.7 Å². The molecule has 0 aromatic heterocycles. The second-order valence-electron chi connectivity index (χ2n) is 8.61. The Morgan fingerprint density at radius 3 is 2.86 bits per heavy atom. The smallest absolute Gasteiger partial charge is 0.200 e. The van der Waals surface area contributed by atoms with Gasteiger partial charge in [-0.2, -0.15) is 0 Å². The zero-order valence-electron chi connectivity index (χ0n) is 16.3. The molecule has 2 heterocycles. The summed E-state index contributed by atoms with van der Waals surface area (Å²) < 4.78 is 11.9. The highest BCUT2D eigenvalue weighted by atomic mass is 16.5. The van der Waals surface area contributed by atoms with Gasteiger partial charge >= 0.3 is 0 Å². The summed E-state index contributed by atoms with van der Waals surface area (Å²) in [5.74, 6) is 1.25. The maximum atomic E-state index is 13.6. The van der Waals surface area contributed by atoms with Crippen LogP contribution < -0.4 is 14.8 Å². The van der Waals surface area contributed by atoms with Gasteiger partial charge in [-0.1, -0.05) is 36.4 Å². The fourth-order valence-corrected chi connectivity index (χ4v) is 6.17. The summed E-state index contributed by atoms with van der Waals surface area (Å²) in [6, 6.07) is 13.7. The van der Waals surface area contributed by atoms with Gasteiger partial charge in [0.15, 0.2) is 23.4 Å². The van der Waals surface area contributed by atoms with Crippen LogP contribution in [0.1, 0.15) is 29.5 Å². The standard InChI is InChI=1S/C24H23NO4/c1-28-17-8-7-15-12-18-24(27)13-16(11-14-5-3-2-4-6-14)20(26)22-23(24,9-10-25-18)19(15)21(17)29-22/h2-8,11,18,22,25,27H,9-10,12-13H2,1H3/b16-11+/t18-,22+,23+,24-/m1/s1. The molecule has 2 aliphatic heterocycles. The molecule has 0 radical (unpaired) electrons. The second-order valence-corrected chi connectivity index (χ2v) is 8.61. The van der Waals surface area contributed by atoms with Crippen molar-refractivity contribution in [2.45, 2.75) is 42.4 Å². The van der Waals surface area contributed by atoms with Crippen molar-refractivity contribution in [3.63, 3.8) is 0 Å². The van der Waals surface area contributed by atoms with Crippen LogP contribution in [0.25, 0.3) is 6.08 Å². The van der Waals surface area contributed by atoms with Crippen LogP contribution in [0.3, 0.4) is 0 Å². The average molecular weight is 389 g/mol. The van der Waals surface area contributed by atoms with Crippen LogP contribution in [0.2, 0.25) is 0 Å². The first-order chi connectivity index (χ1) is 14.1. The predicted octanol–water partition coefficient (Wildman–Crippen LogP) is 2.40. The number of Topliss-reactive ketones (excluding diaryl/α,β-unsaturated/α-hetero) is 1. The van der Waals surface area contributed by atoms with E-state index in [0.29, 0.717) is 36.3 Å². The van der Waals surface area contributed by atoms with Crippen LogP contribution in [0, 0.1) is 0 Å². The molecule has 1 spiro atoms. The lowest BCUT2D eigenvalue weighted by molar-refractivity contribution is -0.156. The number of hydrogen-bond acceptors (Lipinski definition) is 5. The van der Waals surface area contributed by atoms with Crippen molar-refractivity contribution in [3.8, 4) is 11.5 Å². The van der Waals surface area contributed by atoms with Gasteiger partial charge in [0.25, 0.3) is 0 Å².